The molecule has 0 heterocycles. The van der Waals surface area contributed by atoms with Crippen LogP contribution in [0.1, 0.15) is 21.5 Å². The quantitative estimate of drug-likeness (QED) is 0.486. The third-order valence-corrected chi connectivity index (χ3v) is 5.18. The molecule has 0 atom stereocenters. The second-order valence-corrected chi connectivity index (χ2v) is 8.44. The zero-order valence-electron chi connectivity index (χ0n) is 16.4. The van der Waals surface area contributed by atoms with Crippen LogP contribution in [0.4, 0.5) is 36.4 Å². The first-order valence-corrected chi connectivity index (χ1v) is 10.5. The lowest BCUT2D eigenvalue weighted by atomic mass is 10.1. The van der Waals surface area contributed by atoms with E-state index in [-0.39, 0.29) is 5.56 Å². The van der Waals surface area contributed by atoms with E-state index in [9.17, 15) is 48.7 Å². The van der Waals surface area contributed by atoms with Crippen molar-refractivity contribution in [2.75, 3.05) is 10.6 Å². The summed E-state index contributed by atoms with van der Waals surface area (Å²) in [5.41, 5.74) is 0.0918. The summed E-state index contributed by atoms with van der Waals surface area (Å²) in [6, 6.07) is 5.70. The topological polar surface area (TPSA) is 95.6 Å². The number of rotatable bonds is 5. The molecule has 0 aliphatic heterocycles. The van der Waals surface area contributed by atoms with Crippen LogP contribution in [0.5, 0.6) is 0 Å². The average Bonchev–Trinajstić information content (AvgIpc) is 2.68. The summed E-state index contributed by atoms with van der Waals surface area (Å²) in [5, 5.41) is 0. The van der Waals surface area contributed by atoms with Gasteiger partial charge in [0.2, 0.25) is 10.0 Å². The second-order valence-electron chi connectivity index (χ2n) is 6.53. The lowest BCUT2D eigenvalue weighted by molar-refractivity contribution is -0.174. The van der Waals surface area contributed by atoms with E-state index in [1.54, 1.807) is 0 Å². The molecule has 0 spiro atoms. The molecule has 0 radical (unpaired) electrons. The minimum atomic E-state index is -5.28. The highest BCUT2D eigenvalue weighted by molar-refractivity contribution is 7.92. The summed E-state index contributed by atoms with van der Waals surface area (Å²) < 4.78 is 115. The third kappa shape index (κ3) is 6.81. The molecule has 0 aliphatic rings. The number of anilines is 1. The highest BCUT2D eigenvalue weighted by Crippen LogP contribution is 2.33. The van der Waals surface area contributed by atoms with E-state index in [0.29, 0.717) is 22.7 Å². The van der Waals surface area contributed by atoms with E-state index in [4.69, 9.17) is 0 Å². The van der Waals surface area contributed by atoms with Crippen molar-refractivity contribution in [1.29, 1.82) is 0 Å². The number of halogens is 7. The molecule has 180 valence electrons. The van der Waals surface area contributed by atoms with Crippen LogP contribution in [-0.4, -0.2) is 32.7 Å². The van der Waals surface area contributed by atoms with Crippen molar-refractivity contribution in [2.24, 2.45) is 0 Å². The predicted molar refractivity (Wildman–Crippen MR) is 101 cm³/mol. The zero-order valence-corrected chi connectivity index (χ0v) is 17.2. The highest BCUT2D eigenvalue weighted by atomic mass is 32.2. The Hall–Kier alpha value is -3.36. The largest absolute Gasteiger partial charge is 0.472 e. The summed E-state index contributed by atoms with van der Waals surface area (Å²) in [7, 11) is -4.19. The number of benzene rings is 2. The second kappa shape index (κ2) is 9.25. The number of nitrogens with zero attached hydrogens (tertiary/aromatic N) is 1. The SMILES string of the molecule is CS(=O)(=O)N(Cc1ccc(C(=O)NNC(=O)C(F)(F)F)cc1F)c1cccc(C(F)(F)F)c1. The van der Waals surface area contributed by atoms with Gasteiger partial charge in [-0.2, -0.15) is 26.3 Å². The van der Waals surface area contributed by atoms with E-state index >= 15 is 0 Å². The van der Waals surface area contributed by atoms with Gasteiger partial charge >= 0.3 is 18.3 Å². The molecule has 2 amide bonds. The standard InChI is InChI=1S/C18H14F7N3O4S/c1-33(31,32)28(13-4-2-3-12(8-13)17(20,21)22)9-11-6-5-10(7-14(11)19)15(29)26-27-16(30)18(23,24)25/h2-8H,9H2,1H3,(H,26,29)(H,27,30). The maximum absolute atomic E-state index is 14.5. The number of amides is 2. The van der Waals surface area contributed by atoms with Gasteiger partial charge in [-0.1, -0.05) is 12.1 Å². The Morgan fingerprint density at radius 1 is 0.970 bits per heavy atom. The molecule has 0 bridgehead atoms. The number of carbonyl (C=O) groups is 2. The van der Waals surface area contributed by atoms with Crippen LogP contribution in [0.3, 0.4) is 0 Å². The molecule has 33 heavy (non-hydrogen) atoms. The first-order chi connectivity index (χ1) is 15.0. The van der Waals surface area contributed by atoms with Crippen molar-refractivity contribution >= 4 is 27.5 Å². The first-order valence-electron chi connectivity index (χ1n) is 8.61. The lowest BCUT2D eigenvalue weighted by Crippen LogP contribution is -2.47. The fraction of sp³-hybridized carbons (Fsp3) is 0.222. The molecule has 7 nitrogen and oxygen atoms in total. The van der Waals surface area contributed by atoms with E-state index in [1.165, 1.54) is 5.43 Å². The van der Waals surface area contributed by atoms with Gasteiger partial charge in [-0.3, -0.25) is 24.7 Å². The molecule has 0 aliphatic carbocycles. The number of sulfonamides is 1. The minimum Gasteiger partial charge on any atom is -0.267 e. The molecule has 2 rings (SSSR count). The van der Waals surface area contributed by atoms with Crippen molar-refractivity contribution in [1.82, 2.24) is 10.9 Å². The van der Waals surface area contributed by atoms with Crippen molar-refractivity contribution in [2.45, 2.75) is 18.9 Å². The summed E-state index contributed by atoms with van der Waals surface area (Å²) in [4.78, 5) is 22.5. The molecule has 0 saturated heterocycles. The minimum absolute atomic E-state index is 0.353. The molecule has 15 heteroatoms. The summed E-state index contributed by atoms with van der Waals surface area (Å²) in [6.45, 7) is -0.751. The van der Waals surface area contributed by atoms with E-state index < -0.39 is 63.4 Å². The summed E-state index contributed by atoms with van der Waals surface area (Å²) in [6.07, 6.45) is -9.35. The van der Waals surface area contributed by atoms with Gasteiger partial charge in [0.05, 0.1) is 24.1 Å². The Labute approximate surface area is 182 Å². The highest BCUT2D eigenvalue weighted by Gasteiger charge is 2.39. The first kappa shape index (κ1) is 25.9. The van der Waals surface area contributed by atoms with Crippen LogP contribution in [0.2, 0.25) is 0 Å². The maximum Gasteiger partial charge on any atom is 0.472 e. The van der Waals surface area contributed by atoms with Crippen LogP contribution in [0.15, 0.2) is 42.5 Å². The third-order valence-electron chi connectivity index (χ3n) is 4.04. The van der Waals surface area contributed by atoms with Crippen LogP contribution in [0, 0.1) is 5.82 Å². The van der Waals surface area contributed by atoms with Crippen LogP contribution in [0.25, 0.3) is 0 Å². The van der Waals surface area contributed by atoms with Crippen molar-refractivity contribution in [3.63, 3.8) is 0 Å². The van der Waals surface area contributed by atoms with Crippen LogP contribution in [-0.2, 0) is 27.5 Å². The van der Waals surface area contributed by atoms with Gasteiger partial charge in [-0.15, -0.1) is 0 Å². The molecule has 0 saturated carbocycles. The Morgan fingerprint density at radius 3 is 2.12 bits per heavy atom. The molecular formula is C18H14F7N3O4S. The predicted octanol–water partition coefficient (Wildman–Crippen LogP) is 3.13. The number of nitrogens with one attached hydrogen (secondary N) is 2. The van der Waals surface area contributed by atoms with Crippen molar-refractivity contribution in [3.05, 3.63) is 65.0 Å². The van der Waals surface area contributed by atoms with Crippen LogP contribution >= 0.6 is 0 Å². The zero-order chi connectivity index (χ0) is 25.2. The Balaban J connectivity index is 2.28. The average molecular weight is 501 g/mol. The smallest absolute Gasteiger partial charge is 0.267 e. The Bertz CT molecular complexity index is 1160. The Kier molecular flexibility index (Phi) is 7.26. The van der Waals surface area contributed by atoms with Gasteiger partial charge in [0, 0.05) is 11.1 Å². The van der Waals surface area contributed by atoms with Crippen molar-refractivity contribution < 1.29 is 48.7 Å². The number of carbonyl (C=O) groups excluding carboxylic acids is 2. The molecule has 2 aromatic carbocycles. The van der Waals surface area contributed by atoms with Crippen LogP contribution < -0.4 is 15.2 Å². The molecule has 0 unspecified atom stereocenters. The summed E-state index contributed by atoms with van der Waals surface area (Å²) >= 11 is 0. The maximum atomic E-state index is 14.5. The fourth-order valence-corrected chi connectivity index (χ4v) is 3.34. The van der Waals surface area contributed by atoms with Gasteiger partial charge in [-0.25, -0.2) is 12.8 Å². The van der Waals surface area contributed by atoms with E-state index in [1.807, 2.05) is 0 Å². The van der Waals surface area contributed by atoms with Gasteiger partial charge < -0.3 is 0 Å². The van der Waals surface area contributed by atoms with Gasteiger partial charge in [-0.05, 0) is 30.3 Å². The van der Waals surface area contributed by atoms with Gasteiger partial charge in [0.15, 0.2) is 0 Å². The monoisotopic (exact) mass is 501 g/mol. The Morgan fingerprint density at radius 2 is 1.61 bits per heavy atom. The van der Waals surface area contributed by atoms with E-state index in [0.717, 1.165) is 35.8 Å². The normalized spacial score (nSPS) is 12.2. The lowest BCUT2D eigenvalue weighted by Gasteiger charge is -2.24. The molecular weight excluding hydrogens is 487 g/mol. The fourth-order valence-electron chi connectivity index (χ4n) is 2.47. The summed E-state index contributed by atoms with van der Waals surface area (Å²) in [5.74, 6) is -4.96. The number of alkyl halides is 6. The van der Waals surface area contributed by atoms with Gasteiger partial charge in [0.25, 0.3) is 5.91 Å². The number of hydrogen-bond donors (Lipinski definition) is 2. The van der Waals surface area contributed by atoms with Gasteiger partial charge in [0.1, 0.15) is 5.82 Å². The number of hydrogen-bond acceptors (Lipinski definition) is 4. The van der Waals surface area contributed by atoms with Crippen molar-refractivity contribution in [3.8, 4) is 0 Å². The molecule has 0 aromatic heterocycles. The van der Waals surface area contributed by atoms with E-state index in [2.05, 4.69) is 0 Å². The molecule has 0 fully saturated rings. The molecule has 2 aromatic rings. The number of hydrazine groups is 1. The molecule has 2 N–H and O–H groups in total.